The molecule has 15 heavy (non-hydrogen) atoms. The molecule has 0 N–H and O–H groups in total. The Bertz CT molecular complexity index is 168. The molecule has 0 aromatic rings. The number of nitrogens with zero attached hydrogens (tertiary/aromatic N) is 1. The molecular weight excluding hydrogens is 190 g/mol. The topological polar surface area (TPSA) is 21.7 Å². The zero-order chi connectivity index (χ0) is 10.5. The monoisotopic (exact) mass is 213 g/mol. The summed E-state index contributed by atoms with van der Waals surface area (Å²) in [6.07, 6.45) is 5.74. The van der Waals surface area contributed by atoms with E-state index in [1.165, 1.54) is 25.7 Å². The third-order valence-electron chi connectivity index (χ3n) is 3.56. The lowest BCUT2D eigenvalue weighted by atomic mass is 9.91. The molecule has 0 aromatic heterocycles. The van der Waals surface area contributed by atoms with Crippen LogP contribution in [0.5, 0.6) is 0 Å². The molecule has 3 nitrogen and oxygen atoms in total. The Morgan fingerprint density at radius 2 is 1.93 bits per heavy atom. The first-order valence-electron chi connectivity index (χ1n) is 6.35. The summed E-state index contributed by atoms with van der Waals surface area (Å²) in [7, 11) is 0. The lowest BCUT2D eigenvalue weighted by Gasteiger charge is -2.41. The molecule has 3 heteroatoms. The summed E-state index contributed by atoms with van der Waals surface area (Å²) < 4.78 is 11.3. The van der Waals surface area contributed by atoms with Gasteiger partial charge in [-0.15, -0.1) is 0 Å². The van der Waals surface area contributed by atoms with Crippen LogP contribution in [0.1, 0.15) is 32.6 Å². The van der Waals surface area contributed by atoms with Crippen molar-refractivity contribution in [1.29, 1.82) is 0 Å². The first-order valence-corrected chi connectivity index (χ1v) is 6.35. The quantitative estimate of drug-likeness (QED) is 0.712. The highest BCUT2D eigenvalue weighted by Crippen LogP contribution is 2.26. The number of ether oxygens (including phenoxy) is 2. The van der Waals surface area contributed by atoms with Crippen molar-refractivity contribution in [3.63, 3.8) is 0 Å². The van der Waals surface area contributed by atoms with E-state index in [-0.39, 0.29) is 0 Å². The summed E-state index contributed by atoms with van der Waals surface area (Å²) >= 11 is 0. The van der Waals surface area contributed by atoms with Gasteiger partial charge in [-0.1, -0.05) is 12.8 Å². The molecule has 1 saturated carbocycles. The van der Waals surface area contributed by atoms with E-state index in [0.29, 0.717) is 12.1 Å². The fraction of sp³-hybridized carbons (Fsp3) is 1.00. The number of hydrogen-bond donors (Lipinski definition) is 0. The molecule has 1 aliphatic carbocycles. The maximum atomic E-state index is 5.87. The van der Waals surface area contributed by atoms with Gasteiger partial charge in [-0.3, -0.25) is 4.90 Å². The zero-order valence-corrected chi connectivity index (χ0v) is 9.78. The summed E-state index contributed by atoms with van der Waals surface area (Å²) in [6, 6.07) is 0.655. The van der Waals surface area contributed by atoms with E-state index in [1.807, 2.05) is 0 Å². The maximum absolute atomic E-state index is 5.87. The molecule has 2 atom stereocenters. The average molecular weight is 213 g/mol. The van der Waals surface area contributed by atoms with Crippen LogP contribution in [-0.2, 0) is 9.47 Å². The van der Waals surface area contributed by atoms with Crippen LogP contribution < -0.4 is 0 Å². The molecule has 2 rings (SSSR count). The lowest BCUT2D eigenvalue weighted by molar-refractivity contribution is -0.0624. The van der Waals surface area contributed by atoms with E-state index in [2.05, 4.69) is 11.8 Å². The molecule has 2 fully saturated rings. The molecule has 1 saturated heterocycles. The van der Waals surface area contributed by atoms with E-state index in [0.717, 1.165) is 32.9 Å². The predicted molar refractivity (Wildman–Crippen MR) is 60.1 cm³/mol. The lowest BCUT2D eigenvalue weighted by Crippen LogP contribution is -2.51. The number of hydrogen-bond acceptors (Lipinski definition) is 3. The highest BCUT2D eigenvalue weighted by Gasteiger charge is 2.31. The summed E-state index contributed by atoms with van der Waals surface area (Å²) in [5, 5.41) is 0. The second kappa shape index (κ2) is 5.83. The van der Waals surface area contributed by atoms with Crippen molar-refractivity contribution in [3.8, 4) is 0 Å². The van der Waals surface area contributed by atoms with Gasteiger partial charge in [0.05, 0.1) is 19.3 Å². The summed E-state index contributed by atoms with van der Waals surface area (Å²) in [6.45, 7) is 6.93. The Morgan fingerprint density at radius 3 is 2.67 bits per heavy atom. The van der Waals surface area contributed by atoms with Crippen molar-refractivity contribution in [3.05, 3.63) is 0 Å². The van der Waals surface area contributed by atoms with Crippen LogP contribution in [0.2, 0.25) is 0 Å². The Labute approximate surface area is 92.7 Å². The van der Waals surface area contributed by atoms with Gasteiger partial charge in [-0.2, -0.15) is 0 Å². The van der Waals surface area contributed by atoms with Gasteiger partial charge in [0.15, 0.2) is 0 Å². The number of rotatable bonds is 3. The van der Waals surface area contributed by atoms with Gasteiger partial charge in [0.2, 0.25) is 0 Å². The molecule has 0 aromatic carbocycles. The van der Waals surface area contributed by atoms with Gasteiger partial charge in [0, 0.05) is 25.7 Å². The van der Waals surface area contributed by atoms with Crippen LogP contribution >= 0.6 is 0 Å². The van der Waals surface area contributed by atoms with Crippen LogP contribution in [0.4, 0.5) is 0 Å². The SMILES string of the molecule is CCO[C@@H]1CCCC[C@H]1N1CCOCC1. The Balaban J connectivity index is 1.90. The summed E-state index contributed by atoms with van der Waals surface area (Å²) in [5.41, 5.74) is 0. The molecule has 88 valence electrons. The van der Waals surface area contributed by atoms with E-state index < -0.39 is 0 Å². The Morgan fingerprint density at radius 1 is 1.20 bits per heavy atom. The number of morpholine rings is 1. The first-order chi connectivity index (χ1) is 7.42. The van der Waals surface area contributed by atoms with E-state index in [1.54, 1.807) is 0 Å². The van der Waals surface area contributed by atoms with Crippen molar-refractivity contribution in [2.24, 2.45) is 0 Å². The van der Waals surface area contributed by atoms with E-state index in [9.17, 15) is 0 Å². The fourth-order valence-electron chi connectivity index (χ4n) is 2.81. The minimum absolute atomic E-state index is 0.474. The van der Waals surface area contributed by atoms with Gasteiger partial charge in [0.25, 0.3) is 0 Å². The van der Waals surface area contributed by atoms with Crippen LogP contribution in [0.15, 0.2) is 0 Å². The molecule has 0 bridgehead atoms. The highest BCUT2D eigenvalue weighted by molar-refractivity contribution is 4.85. The van der Waals surface area contributed by atoms with Gasteiger partial charge in [-0.05, 0) is 19.8 Å². The smallest absolute Gasteiger partial charge is 0.0730 e. The van der Waals surface area contributed by atoms with Crippen LogP contribution in [0.25, 0.3) is 0 Å². The van der Waals surface area contributed by atoms with E-state index in [4.69, 9.17) is 9.47 Å². The third-order valence-corrected chi connectivity index (χ3v) is 3.56. The fourth-order valence-corrected chi connectivity index (χ4v) is 2.81. The van der Waals surface area contributed by atoms with E-state index >= 15 is 0 Å². The molecule has 1 aliphatic heterocycles. The largest absolute Gasteiger partial charge is 0.379 e. The highest BCUT2D eigenvalue weighted by atomic mass is 16.5. The summed E-state index contributed by atoms with van der Waals surface area (Å²) in [4.78, 5) is 2.57. The van der Waals surface area contributed by atoms with Crippen molar-refractivity contribution >= 4 is 0 Å². The first kappa shape index (κ1) is 11.4. The maximum Gasteiger partial charge on any atom is 0.0730 e. The molecule has 0 spiro atoms. The van der Waals surface area contributed by atoms with Gasteiger partial charge < -0.3 is 9.47 Å². The Hall–Kier alpha value is -0.120. The predicted octanol–water partition coefficient (Wildman–Crippen LogP) is 1.67. The molecule has 0 amide bonds. The van der Waals surface area contributed by atoms with Gasteiger partial charge >= 0.3 is 0 Å². The Kier molecular flexibility index (Phi) is 4.42. The molecule has 2 aliphatic rings. The van der Waals surface area contributed by atoms with Crippen LogP contribution in [-0.4, -0.2) is 50.0 Å². The molecular formula is C12H23NO2. The van der Waals surface area contributed by atoms with Gasteiger partial charge in [-0.25, -0.2) is 0 Å². The second-order valence-corrected chi connectivity index (χ2v) is 4.49. The molecule has 0 radical (unpaired) electrons. The van der Waals surface area contributed by atoms with Crippen molar-refractivity contribution in [1.82, 2.24) is 4.90 Å². The molecule has 0 unspecified atom stereocenters. The van der Waals surface area contributed by atoms with Gasteiger partial charge in [0.1, 0.15) is 0 Å². The average Bonchev–Trinajstić information content (AvgIpc) is 2.31. The third kappa shape index (κ3) is 2.92. The second-order valence-electron chi connectivity index (χ2n) is 4.49. The molecule has 1 heterocycles. The van der Waals surface area contributed by atoms with Crippen LogP contribution in [0.3, 0.4) is 0 Å². The minimum atomic E-state index is 0.474. The van der Waals surface area contributed by atoms with Crippen molar-refractivity contribution in [2.75, 3.05) is 32.9 Å². The summed E-state index contributed by atoms with van der Waals surface area (Å²) in [5.74, 6) is 0. The van der Waals surface area contributed by atoms with Crippen molar-refractivity contribution < 1.29 is 9.47 Å². The normalized spacial score (nSPS) is 34.2. The standard InChI is InChI=1S/C12H23NO2/c1-2-15-12-6-4-3-5-11(12)13-7-9-14-10-8-13/h11-12H,2-10H2,1H3/t11-,12-/m1/s1. The van der Waals surface area contributed by atoms with Crippen molar-refractivity contribution in [2.45, 2.75) is 44.8 Å². The van der Waals surface area contributed by atoms with Crippen LogP contribution in [0, 0.1) is 0 Å². The zero-order valence-electron chi connectivity index (χ0n) is 9.78. The minimum Gasteiger partial charge on any atom is -0.379 e.